The van der Waals surface area contributed by atoms with E-state index < -0.39 is 5.97 Å². The van der Waals surface area contributed by atoms with Gasteiger partial charge in [0, 0.05) is 11.4 Å². The molecular weight excluding hydrogens is 230 g/mol. The van der Waals surface area contributed by atoms with Crippen LogP contribution in [0.2, 0.25) is 0 Å². The van der Waals surface area contributed by atoms with Crippen LogP contribution in [0.3, 0.4) is 0 Å². The van der Waals surface area contributed by atoms with Gasteiger partial charge in [-0.25, -0.2) is 9.78 Å². The van der Waals surface area contributed by atoms with Crippen molar-refractivity contribution in [3.63, 3.8) is 0 Å². The van der Waals surface area contributed by atoms with Crippen LogP contribution in [0, 0.1) is 13.8 Å². The fourth-order valence-corrected chi connectivity index (χ4v) is 1.69. The van der Waals surface area contributed by atoms with Crippen LogP contribution in [0.1, 0.15) is 27.3 Å². The predicted molar refractivity (Wildman–Crippen MR) is 68.8 cm³/mol. The van der Waals surface area contributed by atoms with Gasteiger partial charge in [0.25, 0.3) is 0 Å². The van der Waals surface area contributed by atoms with E-state index in [4.69, 9.17) is 5.11 Å². The summed E-state index contributed by atoms with van der Waals surface area (Å²) in [5.74, 6) is -0.922. The van der Waals surface area contributed by atoms with Gasteiger partial charge in [0.05, 0.1) is 24.1 Å². The standard InChI is InChI=1S/C13H15N3O2/c1-8-3-4-10(13(17)18)5-11(8)14-6-12-9(2)15-7-16-12/h3-5,7,14H,6H2,1-2H3,(H,15,16)(H,17,18). The van der Waals surface area contributed by atoms with Crippen molar-refractivity contribution in [2.24, 2.45) is 0 Å². The Morgan fingerprint density at radius 3 is 2.83 bits per heavy atom. The molecule has 0 saturated heterocycles. The van der Waals surface area contributed by atoms with Gasteiger partial charge in [0.1, 0.15) is 0 Å². The third-order valence-corrected chi connectivity index (χ3v) is 2.87. The quantitative estimate of drug-likeness (QED) is 0.772. The van der Waals surface area contributed by atoms with E-state index in [0.29, 0.717) is 6.54 Å². The predicted octanol–water partition coefficient (Wildman–Crippen LogP) is 2.34. The monoisotopic (exact) mass is 245 g/mol. The molecule has 0 saturated carbocycles. The number of hydrogen-bond donors (Lipinski definition) is 3. The molecular formula is C13H15N3O2. The molecule has 2 aromatic rings. The number of benzene rings is 1. The number of H-pyrrole nitrogens is 1. The molecule has 0 aliphatic carbocycles. The number of anilines is 1. The third kappa shape index (κ3) is 2.51. The Labute approximate surface area is 105 Å². The molecule has 0 spiro atoms. The number of imidazole rings is 1. The number of carboxylic acids is 1. The maximum absolute atomic E-state index is 10.9. The van der Waals surface area contributed by atoms with Gasteiger partial charge >= 0.3 is 5.97 Å². The summed E-state index contributed by atoms with van der Waals surface area (Å²) in [6, 6.07) is 5.03. The molecule has 1 aromatic carbocycles. The van der Waals surface area contributed by atoms with Gasteiger partial charge < -0.3 is 15.4 Å². The Morgan fingerprint density at radius 1 is 1.44 bits per heavy atom. The van der Waals surface area contributed by atoms with Crippen molar-refractivity contribution in [3.8, 4) is 0 Å². The van der Waals surface area contributed by atoms with E-state index >= 15 is 0 Å². The third-order valence-electron chi connectivity index (χ3n) is 2.87. The Morgan fingerprint density at radius 2 is 2.22 bits per heavy atom. The van der Waals surface area contributed by atoms with E-state index in [9.17, 15) is 4.79 Å². The fourth-order valence-electron chi connectivity index (χ4n) is 1.69. The van der Waals surface area contributed by atoms with Gasteiger partial charge in [0.2, 0.25) is 0 Å². The molecule has 5 heteroatoms. The number of nitrogens with one attached hydrogen (secondary N) is 2. The van der Waals surface area contributed by atoms with Crippen molar-refractivity contribution in [2.75, 3.05) is 5.32 Å². The largest absolute Gasteiger partial charge is 0.478 e. The molecule has 0 aliphatic rings. The van der Waals surface area contributed by atoms with E-state index in [-0.39, 0.29) is 5.56 Å². The molecule has 18 heavy (non-hydrogen) atoms. The molecule has 5 nitrogen and oxygen atoms in total. The lowest BCUT2D eigenvalue weighted by molar-refractivity contribution is 0.0697. The summed E-state index contributed by atoms with van der Waals surface area (Å²) in [5, 5.41) is 12.2. The van der Waals surface area contributed by atoms with Crippen LogP contribution in [0.25, 0.3) is 0 Å². The first-order chi connectivity index (χ1) is 8.58. The Bertz CT molecular complexity index is 575. The highest BCUT2D eigenvalue weighted by atomic mass is 16.4. The van der Waals surface area contributed by atoms with Gasteiger partial charge in [-0.05, 0) is 31.5 Å². The minimum absolute atomic E-state index is 0.279. The van der Waals surface area contributed by atoms with Crippen LogP contribution in [0.4, 0.5) is 5.69 Å². The van der Waals surface area contributed by atoms with E-state index in [1.54, 1.807) is 24.5 Å². The van der Waals surface area contributed by atoms with E-state index in [0.717, 1.165) is 22.6 Å². The van der Waals surface area contributed by atoms with Crippen molar-refractivity contribution in [3.05, 3.63) is 47.0 Å². The number of rotatable bonds is 4. The summed E-state index contributed by atoms with van der Waals surface area (Å²) in [4.78, 5) is 18.1. The van der Waals surface area contributed by atoms with E-state index in [2.05, 4.69) is 15.3 Å². The zero-order chi connectivity index (χ0) is 13.1. The number of aromatic nitrogens is 2. The summed E-state index contributed by atoms with van der Waals surface area (Å²) < 4.78 is 0. The molecule has 0 atom stereocenters. The summed E-state index contributed by atoms with van der Waals surface area (Å²) in [7, 11) is 0. The second kappa shape index (κ2) is 4.91. The van der Waals surface area contributed by atoms with Crippen LogP contribution in [0.5, 0.6) is 0 Å². The smallest absolute Gasteiger partial charge is 0.335 e. The summed E-state index contributed by atoms with van der Waals surface area (Å²) in [6.45, 7) is 4.45. The van der Waals surface area contributed by atoms with Crippen LogP contribution in [0.15, 0.2) is 24.5 Å². The summed E-state index contributed by atoms with van der Waals surface area (Å²) in [5.41, 5.74) is 4.04. The normalized spacial score (nSPS) is 10.3. The molecule has 0 radical (unpaired) electrons. The number of carboxylic acid groups (broad SMARTS) is 1. The molecule has 0 aliphatic heterocycles. The number of hydrogen-bond acceptors (Lipinski definition) is 3. The van der Waals surface area contributed by atoms with Gasteiger partial charge in [0.15, 0.2) is 0 Å². The second-order valence-corrected chi connectivity index (χ2v) is 4.16. The maximum atomic E-state index is 10.9. The number of nitrogens with zero attached hydrogens (tertiary/aromatic N) is 1. The number of aromatic amines is 1. The molecule has 3 N–H and O–H groups in total. The molecule has 1 aromatic heterocycles. The van der Waals surface area contributed by atoms with Crippen LogP contribution in [-0.4, -0.2) is 21.0 Å². The number of aryl methyl sites for hydroxylation is 2. The average Bonchev–Trinajstić information content (AvgIpc) is 2.73. The first kappa shape index (κ1) is 12.2. The maximum Gasteiger partial charge on any atom is 0.335 e. The zero-order valence-electron chi connectivity index (χ0n) is 10.3. The highest BCUT2D eigenvalue weighted by molar-refractivity contribution is 5.89. The Hall–Kier alpha value is -2.30. The van der Waals surface area contributed by atoms with Crippen LogP contribution >= 0.6 is 0 Å². The lowest BCUT2D eigenvalue weighted by Gasteiger charge is -2.09. The van der Waals surface area contributed by atoms with Crippen LogP contribution < -0.4 is 5.32 Å². The Kier molecular flexibility index (Phi) is 3.32. The lowest BCUT2D eigenvalue weighted by Crippen LogP contribution is -2.05. The highest BCUT2D eigenvalue weighted by Gasteiger charge is 2.07. The zero-order valence-corrected chi connectivity index (χ0v) is 10.3. The SMILES string of the molecule is Cc1ccc(C(=O)O)cc1NCc1nc[nH]c1C. The van der Waals surface area contributed by atoms with Crippen molar-refractivity contribution in [1.29, 1.82) is 0 Å². The van der Waals surface area contributed by atoms with Crippen LogP contribution in [-0.2, 0) is 6.54 Å². The minimum Gasteiger partial charge on any atom is -0.478 e. The number of aromatic carboxylic acids is 1. The first-order valence-electron chi connectivity index (χ1n) is 5.64. The molecule has 0 fully saturated rings. The van der Waals surface area contributed by atoms with Crippen molar-refractivity contribution in [1.82, 2.24) is 9.97 Å². The molecule has 2 rings (SSSR count). The van der Waals surface area contributed by atoms with Crippen molar-refractivity contribution in [2.45, 2.75) is 20.4 Å². The Balaban J connectivity index is 2.16. The van der Waals surface area contributed by atoms with Crippen molar-refractivity contribution < 1.29 is 9.90 Å². The fraction of sp³-hybridized carbons (Fsp3) is 0.231. The topological polar surface area (TPSA) is 78.0 Å². The highest BCUT2D eigenvalue weighted by Crippen LogP contribution is 2.18. The average molecular weight is 245 g/mol. The molecule has 1 heterocycles. The molecule has 0 unspecified atom stereocenters. The van der Waals surface area contributed by atoms with Gasteiger partial charge in [-0.15, -0.1) is 0 Å². The summed E-state index contributed by atoms with van der Waals surface area (Å²) >= 11 is 0. The summed E-state index contributed by atoms with van der Waals surface area (Å²) in [6.07, 6.45) is 1.65. The van der Waals surface area contributed by atoms with Gasteiger partial charge in [-0.2, -0.15) is 0 Å². The molecule has 0 amide bonds. The van der Waals surface area contributed by atoms with E-state index in [1.165, 1.54) is 0 Å². The number of carbonyl (C=O) groups is 1. The van der Waals surface area contributed by atoms with Gasteiger partial charge in [-0.3, -0.25) is 0 Å². The molecule has 94 valence electrons. The van der Waals surface area contributed by atoms with Crippen molar-refractivity contribution >= 4 is 11.7 Å². The minimum atomic E-state index is -0.922. The lowest BCUT2D eigenvalue weighted by atomic mass is 10.1. The molecule has 0 bridgehead atoms. The van der Waals surface area contributed by atoms with Gasteiger partial charge in [-0.1, -0.05) is 6.07 Å². The second-order valence-electron chi connectivity index (χ2n) is 4.16. The van der Waals surface area contributed by atoms with E-state index in [1.807, 2.05) is 13.8 Å². The first-order valence-corrected chi connectivity index (χ1v) is 5.64.